The van der Waals surface area contributed by atoms with Gasteiger partial charge in [0.1, 0.15) is 5.84 Å². The molecular weight excluding hydrogens is 321 g/mol. The summed E-state index contributed by atoms with van der Waals surface area (Å²) in [6.07, 6.45) is 0. The number of nitrogens with one attached hydrogen (secondary N) is 2. The summed E-state index contributed by atoms with van der Waals surface area (Å²) in [4.78, 5) is 16.8. The van der Waals surface area contributed by atoms with Crippen LogP contribution in [0, 0.1) is 0 Å². The first-order valence-electron chi connectivity index (χ1n) is 6.79. The zero-order chi connectivity index (χ0) is 15.5. The molecule has 2 aromatic rings. The SMILES string of the molecule is O=C(Nc1ccccc1C1=NCCN1)c1ccc(Cl)cc1Cl. The summed E-state index contributed by atoms with van der Waals surface area (Å²) < 4.78 is 0. The number of carbonyl (C=O) groups is 1. The number of hydrogen-bond acceptors (Lipinski definition) is 3. The Kier molecular flexibility index (Phi) is 4.32. The fourth-order valence-corrected chi connectivity index (χ4v) is 2.73. The van der Waals surface area contributed by atoms with Crippen molar-refractivity contribution in [1.82, 2.24) is 5.32 Å². The lowest BCUT2D eigenvalue weighted by Gasteiger charge is -2.12. The summed E-state index contributed by atoms with van der Waals surface area (Å²) in [5.41, 5.74) is 1.92. The van der Waals surface area contributed by atoms with E-state index in [1.807, 2.05) is 24.3 Å². The quantitative estimate of drug-likeness (QED) is 0.901. The van der Waals surface area contributed by atoms with E-state index in [-0.39, 0.29) is 5.91 Å². The largest absolute Gasteiger partial charge is 0.368 e. The maximum atomic E-state index is 12.4. The van der Waals surface area contributed by atoms with Crippen LogP contribution in [0.2, 0.25) is 10.0 Å². The molecule has 3 rings (SSSR count). The maximum Gasteiger partial charge on any atom is 0.257 e. The Labute approximate surface area is 138 Å². The number of nitrogens with zero attached hydrogens (tertiary/aromatic N) is 1. The second-order valence-corrected chi connectivity index (χ2v) is 5.62. The Hall–Kier alpha value is -2.04. The van der Waals surface area contributed by atoms with Crippen LogP contribution in [0.15, 0.2) is 47.5 Å². The van der Waals surface area contributed by atoms with E-state index in [1.165, 1.54) is 0 Å². The molecular formula is C16H13Cl2N3O. The van der Waals surface area contributed by atoms with Gasteiger partial charge in [0.2, 0.25) is 0 Å². The highest BCUT2D eigenvalue weighted by Crippen LogP contribution is 2.23. The Morgan fingerprint density at radius 3 is 2.73 bits per heavy atom. The normalized spacial score (nSPS) is 13.5. The minimum absolute atomic E-state index is 0.285. The van der Waals surface area contributed by atoms with E-state index < -0.39 is 0 Å². The fraction of sp³-hybridized carbons (Fsp3) is 0.125. The number of benzene rings is 2. The van der Waals surface area contributed by atoms with Crippen molar-refractivity contribution in [2.45, 2.75) is 0 Å². The van der Waals surface area contributed by atoms with Crippen LogP contribution in [-0.4, -0.2) is 24.8 Å². The van der Waals surface area contributed by atoms with Gasteiger partial charge in [-0.15, -0.1) is 0 Å². The first kappa shape index (κ1) is 14.9. The van der Waals surface area contributed by atoms with Crippen molar-refractivity contribution < 1.29 is 4.79 Å². The Morgan fingerprint density at radius 2 is 2.00 bits per heavy atom. The molecule has 4 nitrogen and oxygen atoms in total. The highest BCUT2D eigenvalue weighted by Gasteiger charge is 2.16. The number of hydrogen-bond donors (Lipinski definition) is 2. The van der Waals surface area contributed by atoms with Gasteiger partial charge in [0.15, 0.2) is 0 Å². The summed E-state index contributed by atoms with van der Waals surface area (Å²) in [5, 5.41) is 6.89. The van der Waals surface area contributed by atoms with Crippen molar-refractivity contribution >= 4 is 40.6 Å². The van der Waals surface area contributed by atoms with E-state index in [0.29, 0.717) is 21.3 Å². The second-order valence-electron chi connectivity index (χ2n) is 4.78. The van der Waals surface area contributed by atoms with Gasteiger partial charge < -0.3 is 10.6 Å². The summed E-state index contributed by atoms with van der Waals surface area (Å²) in [6.45, 7) is 1.54. The first-order valence-corrected chi connectivity index (χ1v) is 7.55. The van der Waals surface area contributed by atoms with Crippen molar-refractivity contribution in [3.63, 3.8) is 0 Å². The molecule has 2 aromatic carbocycles. The molecule has 2 N–H and O–H groups in total. The first-order chi connectivity index (χ1) is 10.6. The van der Waals surface area contributed by atoms with Crippen molar-refractivity contribution in [3.8, 4) is 0 Å². The van der Waals surface area contributed by atoms with Gasteiger partial charge in [-0.25, -0.2) is 0 Å². The van der Waals surface area contributed by atoms with Crippen LogP contribution < -0.4 is 10.6 Å². The Bertz CT molecular complexity index is 759. The monoisotopic (exact) mass is 333 g/mol. The molecule has 6 heteroatoms. The number of halogens is 2. The summed E-state index contributed by atoms with van der Waals surface area (Å²) in [7, 11) is 0. The molecule has 0 atom stereocenters. The topological polar surface area (TPSA) is 53.5 Å². The van der Waals surface area contributed by atoms with Gasteiger partial charge in [0.05, 0.1) is 22.8 Å². The molecule has 0 saturated carbocycles. The molecule has 1 amide bonds. The molecule has 0 aromatic heterocycles. The number of amidine groups is 1. The number of para-hydroxylation sites is 1. The van der Waals surface area contributed by atoms with E-state index in [4.69, 9.17) is 23.2 Å². The highest BCUT2D eigenvalue weighted by molar-refractivity contribution is 6.37. The lowest BCUT2D eigenvalue weighted by Crippen LogP contribution is -2.22. The van der Waals surface area contributed by atoms with Crippen LogP contribution in [-0.2, 0) is 0 Å². The van der Waals surface area contributed by atoms with Crippen LogP contribution in [0.1, 0.15) is 15.9 Å². The molecule has 0 fully saturated rings. The van der Waals surface area contributed by atoms with Crippen LogP contribution in [0.25, 0.3) is 0 Å². The van der Waals surface area contributed by atoms with Crippen LogP contribution in [0.3, 0.4) is 0 Å². The average molecular weight is 334 g/mol. The third kappa shape index (κ3) is 3.08. The number of anilines is 1. The molecule has 112 valence electrons. The number of rotatable bonds is 3. The van der Waals surface area contributed by atoms with Gasteiger partial charge in [-0.1, -0.05) is 35.3 Å². The highest BCUT2D eigenvalue weighted by atomic mass is 35.5. The van der Waals surface area contributed by atoms with Gasteiger partial charge >= 0.3 is 0 Å². The molecule has 1 aliphatic rings. The third-order valence-corrected chi connectivity index (χ3v) is 3.83. The smallest absolute Gasteiger partial charge is 0.257 e. The van der Waals surface area contributed by atoms with E-state index in [9.17, 15) is 4.79 Å². The minimum atomic E-state index is -0.285. The predicted molar refractivity (Wildman–Crippen MR) is 90.3 cm³/mol. The number of carbonyl (C=O) groups excluding carboxylic acids is 1. The van der Waals surface area contributed by atoms with Crippen molar-refractivity contribution in [2.24, 2.45) is 4.99 Å². The average Bonchev–Trinajstić information content (AvgIpc) is 3.01. The van der Waals surface area contributed by atoms with Crippen LogP contribution >= 0.6 is 23.2 Å². The van der Waals surface area contributed by atoms with E-state index >= 15 is 0 Å². The molecule has 0 aliphatic carbocycles. The molecule has 0 saturated heterocycles. The zero-order valence-corrected chi connectivity index (χ0v) is 13.1. The lowest BCUT2D eigenvalue weighted by molar-refractivity contribution is 0.102. The van der Waals surface area contributed by atoms with E-state index in [0.717, 1.165) is 24.5 Å². The van der Waals surface area contributed by atoms with Gasteiger partial charge in [-0.05, 0) is 30.3 Å². The Balaban J connectivity index is 1.88. The van der Waals surface area contributed by atoms with E-state index in [2.05, 4.69) is 15.6 Å². The molecule has 0 radical (unpaired) electrons. The maximum absolute atomic E-state index is 12.4. The standard InChI is InChI=1S/C16H13Cl2N3O/c17-10-5-6-11(13(18)9-10)16(22)21-14-4-2-1-3-12(14)15-19-7-8-20-15/h1-6,9H,7-8H2,(H,19,20)(H,21,22). The van der Waals surface area contributed by atoms with Crippen molar-refractivity contribution in [1.29, 1.82) is 0 Å². The fourth-order valence-electron chi connectivity index (χ4n) is 2.24. The zero-order valence-electron chi connectivity index (χ0n) is 11.6. The van der Waals surface area contributed by atoms with Crippen molar-refractivity contribution in [3.05, 3.63) is 63.6 Å². The van der Waals surface area contributed by atoms with Crippen LogP contribution in [0.4, 0.5) is 5.69 Å². The second kappa shape index (κ2) is 6.38. The Morgan fingerprint density at radius 1 is 1.18 bits per heavy atom. The molecule has 0 unspecified atom stereocenters. The molecule has 1 aliphatic heterocycles. The van der Waals surface area contributed by atoms with Gasteiger partial charge in [-0.3, -0.25) is 9.79 Å². The predicted octanol–water partition coefficient (Wildman–Crippen LogP) is 3.60. The summed E-state index contributed by atoms with van der Waals surface area (Å²) in [6, 6.07) is 12.3. The van der Waals surface area contributed by atoms with Crippen LogP contribution in [0.5, 0.6) is 0 Å². The molecule has 0 spiro atoms. The minimum Gasteiger partial charge on any atom is -0.368 e. The number of aliphatic imine (C=N–C) groups is 1. The summed E-state index contributed by atoms with van der Waals surface area (Å²) >= 11 is 11.9. The van der Waals surface area contributed by atoms with Gasteiger partial charge in [0.25, 0.3) is 5.91 Å². The van der Waals surface area contributed by atoms with Gasteiger partial charge in [-0.2, -0.15) is 0 Å². The number of amides is 1. The van der Waals surface area contributed by atoms with Gasteiger partial charge in [0, 0.05) is 17.1 Å². The molecule has 0 bridgehead atoms. The third-order valence-electron chi connectivity index (χ3n) is 3.28. The van der Waals surface area contributed by atoms with E-state index in [1.54, 1.807) is 18.2 Å². The molecule has 1 heterocycles. The molecule has 22 heavy (non-hydrogen) atoms. The lowest BCUT2D eigenvalue weighted by atomic mass is 10.1. The van der Waals surface area contributed by atoms with Crippen molar-refractivity contribution in [2.75, 3.05) is 18.4 Å². The summed E-state index contributed by atoms with van der Waals surface area (Å²) in [5.74, 6) is 0.505.